The molecule has 2 nitrogen and oxygen atoms in total. The van der Waals surface area contributed by atoms with Gasteiger partial charge in [0, 0.05) is 17.8 Å². The molecule has 3 atom stereocenters. The molecule has 1 aromatic carbocycles. The van der Waals surface area contributed by atoms with E-state index in [1.807, 2.05) is 11.8 Å². The summed E-state index contributed by atoms with van der Waals surface area (Å²) >= 11 is 1.82. The molecule has 1 saturated carbocycles. The average Bonchev–Trinajstić information content (AvgIpc) is 2.45. The van der Waals surface area contributed by atoms with E-state index in [0.29, 0.717) is 11.3 Å². The molecule has 0 radical (unpaired) electrons. The summed E-state index contributed by atoms with van der Waals surface area (Å²) in [7, 11) is 0. The Labute approximate surface area is 123 Å². The fraction of sp³-hybridized carbons (Fsp3) is 0.600. The molecule has 20 heavy (non-hydrogen) atoms. The van der Waals surface area contributed by atoms with Gasteiger partial charge in [0.2, 0.25) is 0 Å². The minimum atomic E-state index is -1.15. The second-order valence-corrected chi connectivity index (χ2v) is 6.30. The number of nitrogens with one attached hydrogen (secondary N) is 1. The molecule has 1 aliphatic carbocycles. The molecule has 0 aromatic heterocycles. The van der Waals surface area contributed by atoms with Crippen molar-refractivity contribution in [2.24, 2.45) is 0 Å². The van der Waals surface area contributed by atoms with Gasteiger partial charge in [0.25, 0.3) is 0 Å². The van der Waals surface area contributed by atoms with E-state index in [4.69, 9.17) is 0 Å². The van der Waals surface area contributed by atoms with Gasteiger partial charge in [-0.1, -0.05) is 18.9 Å². The van der Waals surface area contributed by atoms with Crippen molar-refractivity contribution in [1.29, 1.82) is 0 Å². The Morgan fingerprint density at radius 1 is 1.30 bits per heavy atom. The van der Waals surface area contributed by atoms with E-state index < -0.39 is 17.7 Å². The normalized spacial score (nSPS) is 24.6. The van der Waals surface area contributed by atoms with Crippen molar-refractivity contribution >= 4 is 11.8 Å². The van der Waals surface area contributed by atoms with Crippen LogP contribution in [0, 0.1) is 11.6 Å². The van der Waals surface area contributed by atoms with E-state index >= 15 is 0 Å². The monoisotopic (exact) mass is 301 g/mol. The molecular formula is C15H21F2NOS. The third kappa shape index (κ3) is 3.71. The number of halogens is 2. The number of rotatable bonds is 5. The fourth-order valence-electron chi connectivity index (χ4n) is 2.81. The largest absolute Gasteiger partial charge is 0.387 e. The van der Waals surface area contributed by atoms with Crippen LogP contribution in [-0.2, 0) is 0 Å². The maximum Gasteiger partial charge on any atom is 0.131 e. The first kappa shape index (κ1) is 15.7. The van der Waals surface area contributed by atoms with Crippen LogP contribution in [0.3, 0.4) is 0 Å². The zero-order chi connectivity index (χ0) is 14.5. The summed E-state index contributed by atoms with van der Waals surface area (Å²) < 4.78 is 27.2. The highest BCUT2D eigenvalue weighted by atomic mass is 32.2. The minimum Gasteiger partial charge on any atom is -0.387 e. The molecule has 0 heterocycles. The minimum absolute atomic E-state index is 0.180. The van der Waals surface area contributed by atoms with Gasteiger partial charge in [0.05, 0.1) is 11.7 Å². The van der Waals surface area contributed by atoms with Gasteiger partial charge in [0.1, 0.15) is 11.6 Å². The summed E-state index contributed by atoms with van der Waals surface area (Å²) in [6.07, 6.45) is 5.53. The molecule has 2 rings (SSSR count). The SMILES string of the molecule is CSC1CCCCC1NCC(O)c1c(F)cccc1F. The summed E-state index contributed by atoms with van der Waals surface area (Å²) in [4.78, 5) is 0. The standard InChI is InChI=1S/C15H21F2NOS/c1-20-14-8-3-2-7-12(14)18-9-13(19)15-10(16)5-4-6-11(15)17/h4-6,12-14,18-19H,2-3,7-9H2,1H3. The van der Waals surface area contributed by atoms with Crippen molar-refractivity contribution < 1.29 is 13.9 Å². The fourth-order valence-corrected chi connectivity index (χ4v) is 3.77. The van der Waals surface area contributed by atoms with Crippen molar-refractivity contribution in [3.05, 3.63) is 35.4 Å². The van der Waals surface area contributed by atoms with Crippen LogP contribution in [0.4, 0.5) is 8.78 Å². The average molecular weight is 301 g/mol. The number of benzene rings is 1. The first-order valence-electron chi connectivity index (χ1n) is 7.01. The summed E-state index contributed by atoms with van der Waals surface area (Å²) in [6, 6.07) is 3.96. The molecule has 0 bridgehead atoms. The predicted molar refractivity (Wildman–Crippen MR) is 78.9 cm³/mol. The molecule has 0 saturated heterocycles. The lowest BCUT2D eigenvalue weighted by molar-refractivity contribution is 0.157. The van der Waals surface area contributed by atoms with Crippen LogP contribution >= 0.6 is 11.8 Å². The lowest BCUT2D eigenvalue weighted by Gasteiger charge is -2.31. The smallest absolute Gasteiger partial charge is 0.131 e. The molecule has 1 aromatic rings. The number of aliphatic hydroxyl groups excluding tert-OH is 1. The van der Waals surface area contributed by atoms with Gasteiger partial charge in [-0.3, -0.25) is 0 Å². The maximum atomic E-state index is 13.6. The quantitative estimate of drug-likeness (QED) is 0.875. The maximum absolute atomic E-state index is 13.6. The summed E-state index contributed by atoms with van der Waals surface area (Å²) in [5.41, 5.74) is -0.239. The first-order chi connectivity index (χ1) is 9.63. The van der Waals surface area contributed by atoms with Crippen molar-refractivity contribution in [3.8, 4) is 0 Å². The van der Waals surface area contributed by atoms with E-state index in [2.05, 4.69) is 11.6 Å². The zero-order valence-electron chi connectivity index (χ0n) is 11.6. The van der Waals surface area contributed by atoms with Crippen LogP contribution in [0.2, 0.25) is 0 Å². The number of thioether (sulfide) groups is 1. The van der Waals surface area contributed by atoms with Gasteiger partial charge in [-0.15, -0.1) is 0 Å². The van der Waals surface area contributed by atoms with Crippen LogP contribution in [0.25, 0.3) is 0 Å². The third-order valence-electron chi connectivity index (χ3n) is 3.91. The molecule has 2 N–H and O–H groups in total. The van der Waals surface area contributed by atoms with Gasteiger partial charge in [-0.2, -0.15) is 11.8 Å². The lowest BCUT2D eigenvalue weighted by atomic mass is 9.94. The lowest BCUT2D eigenvalue weighted by Crippen LogP contribution is -2.42. The van der Waals surface area contributed by atoms with Gasteiger partial charge in [-0.25, -0.2) is 8.78 Å². The van der Waals surface area contributed by atoms with E-state index in [1.54, 1.807) is 0 Å². The molecule has 3 unspecified atom stereocenters. The van der Waals surface area contributed by atoms with E-state index in [9.17, 15) is 13.9 Å². The van der Waals surface area contributed by atoms with Gasteiger partial charge < -0.3 is 10.4 Å². The van der Waals surface area contributed by atoms with E-state index in [0.717, 1.165) is 12.8 Å². The Hall–Kier alpha value is -0.650. The van der Waals surface area contributed by atoms with Crippen molar-refractivity contribution in [2.45, 2.75) is 43.1 Å². The molecule has 5 heteroatoms. The van der Waals surface area contributed by atoms with Crippen LogP contribution < -0.4 is 5.32 Å². The Morgan fingerprint density at radius 2 is 1.95 bits per heavy atom. The highest BCUT2D eigenvalue weighted by molar-refractivity contribution is 7.99. The van der Waals surface area contributed by atoms with Gasteiger partial charge in [0.15, 0.2) is 0 Å². The number of aliphatic hydroxyl groups is 1. The molecule has 0 aliphatic heterocycles. The highest BCUT2D eigenvalue weighted by Gasteiger charge is 2.25. The van der Waals surface area contributed by atoms with Gasteiger partial charge in [-0.05, 0) is 31.2 Å². The second-order valence-electron chi connectivity index (χ2n) is 5.22. The summed E-state index contributed by atoms with van der Waals surface area (Å²) in [5.74, 6) is -1.38. The third-order valence-corrected chi connectivity index (χ3v) is 5.08. The molecule has 1 aliphatic rings. The van der Waals surface area contributed by atoms with Gasteiger partial charge >= 0.3 is 0 Å². The summed E-state index contributed by atoms with van der Waals surface area (Å²) in [5, 5.41) is 13.8. The zero-order valence-corrected chi connectivity index (χ0v) is 12.4. The molecule has 1 fully saturated rings. The predicted octanol–water partition coefficient (Wildman–Crippen LogP) is 3.26. The number of hydrogen-bond acceptors (Lipinski definition) is 3. The van der Waals surface area contributed by atoms with Crippen LogP contribution in [0.1, 0.15) is 37.4 Å². The summed E-state index contributed by atoms with van der Waals surface area (Å²) in [6.45, 7) is 0.180. The van der Waals surface area contributed by atoms with Crippen molar-refractivity contribution in [1.82, 2.24) is 5.32 Å². The van der Waals surface area contributed by atoms with Crippen LogP contribution in [0.5, 0.6) is 0 Å². The van der Waals surface area contributed by atoms with Crippen LogP contribution in [-0.4, -0.2) is 29.2 Å². The molecule has 0 spiro atoms. The topological polar surface area (TPSA) is 32.3 Å². The van der Waals surface area contributed by atoms with Crippen LogP contribution in [0.15, 0.2) is 18.2 Å². The molecular weight excluding hydrogens is 280 g/mol. The van der Waals surface area contributed by atoms with E-state index in [-0.39, 0.29) is 12.1 Å². The Morgan fingerprint density at radius 3 is 2.60 bits per heavy atom. The number of hydrogen-bond donors (Lipinski definition) is 2. The Bertz CT molecular complexity index is 424. The van der Waals surface area contributed by atoms with Crippen molar-refractivity contribution in [2.75, 3.05) is 12.8 Å². The Balaban J connectivity index is 1.96. The highest BCUT2D eigenvalue weighted by Crippen LogP contribution is 2.28. The van der Waals surface area contributed by atoms with Crippen molar-refractivity contribution in [3.63, 3.8) is 0 Å². The molecule has 0 amide bonds. The van der Waals surface area contributed by atoms with E-state index in [1.165, 1.54) is 31.0 Å². The Kier molecular flexibility index (Phi) is 5.81. The second kappa shape index (κ2) is 7.38. The molecule has 112 valence electrons. The first-order valence-corrected chi connectivity index (χ1v) is 8.30.